The molecule has 2 aromatic carbocycles. The van der Waals surface area contributed by atoms with Gasteiger partial charge in [-0.3, -0.25) is 14.9 Å². The lowest BCUT2D eigenvalue weighted by Crippen LogP contribution is -2.22. The van der Waals surface area contributed by atoms with E-state index < -0.39 is 11.8 Å². The lowest BCUT2D eigenvalue weighted by molar-refractivity contribution is -0.122. The van der Waals surface area contributed by atoms with Gasteiger partial charge in [0, 0.05) is 46.4 Å². The summed E-state index contributed by atoms with van der Waals surface area (Å²) in [6.45, 7) is 4.43. The third-order valence-electron chi connectivity index (χ3n) is 5.91. The number of halogens is 1. The average molecular weight is 430 g/mol. The third kappa shape index (κ3) is 3.31. The van der Waals surface area contributed by atoms with Crippen LogP contribution in [0.1, 0.15) is 24.5 Å². The van der Waals surface area contributed by atoms with E-state index in [0.717, 1.165) is 35.8 Å². The van der Waals surface area contributed by atoms with Crippen LogP contribution < -0.4 is 10.6 Å². The number of aryl methyl sites for hydroxylation is 1. The second-order valence-corrected chi connectivity index (χ2v) is 7.89. The number of para-hydroxylation sites is 1. The zero-order chi connectivity index (χ0) is 22.2. The molecule has 0 radical (unpaired) electrons. The van der Waals surface area contributed by atoms with Crippen molar-refractivity contribution in [2.75, 3.05) is 13.1 Å². The Balaban J connectivity index is 1.70. The van der Waals surface area contributed by atoms with Crippen molar-refractivity contribution in [1.82, 2.24) is 20.2 Å². The highest BCUT2D eigenvalue weighted by molar-refractivity contribution is 6.50. The van der Waals surface area contributed by atoms with Gasteiger partial charge in [-0.15, -0.1) is 0 Å². The van der Waals surface area contributed by atoms with E-state index in [1.807, 2.05) is 42.0 Å². The molecular formula is C25H23FN4O2. The molecule has 3 N–H and O–H groups in total. The van der Waals surface area contributed by atoms with E-state index in [1.54, 1.807) is 12.3 Å². The minimum absolute atomic E-state index is 0.321. The maximum absolute atomic E-state index is 14.1. The number of hydrogen-bond acceptors (Lipinski definition) is 3. The van der Waals surface area contributed by atoms with Crippen molar-refractivity contribution in [1.29, 1.82) is 0 Å². The number of carbonyl (C=O) groups excluding carboxylic acids is 2. The molecule has 2 aromatic heterocycles. The van der Waals surface area contributed by atoms with Gasteiger partial charge >= 0.3 is 0 Å². The van der Waals surface area contributed by atoms with Gasteiger partial charge in [0.05, 0.1) is 16.7 Å². The molecule has 0 saturated heterocycles. The van der Waals surface area contributed by atoms with E-state index in [2.05, 4.69) is 15.6 Å². The van der Waals surface area contributed by atoms with Gasteiger partial charge < -0.3 is 14.9 Å². The summed E-state index contributed by atoms with van der Waals surface area (Å²) in [5, 5.41) is 7.35. The van der Waals surface area contributed by atoms with E-state index >= 15 is 0 Å². The van der Waals surface area contributed by atoms with E-state index in [9.17, 15) is 14.0 Å². The van der Waals surface area contributed by atoms with Gasteiger partial charge in [0.15, 0.2) is 0 Å². The van der Waals surface area contributed by atoms with Crippen LogP contribution in [0.5, 0.6) is 0 Å². The molecule has 1 aliphatic rings. The number of rotatable bonds is 7. The van der Waals surface area contributed by atoms with Gasteiger partial charge in [0.25, 0.3) is 11.8 Å². The number of fused-ring (bicyclic) bond motifs is 2. The van der Waals surface area contributed by atoms with Crippen molar-refractivity contribution in [3.63, 3.8) is 0 Å². The number of nitrogens with one attached hydrogen (secondary N) is 3. The van der Waals surface area contributed by atoms with E-state index in [0.29, 0.717) is 34.3 Å². The maximum atomic E-state index is 14.1. The number of hydrogen-bond donors (Lipinski definition) is 3. The number of benzene rings is 2. The standard InChI is InChI=1S/C25H23FN4O2/c1-2-27-10-5-11-30-14-19(17-9-8-15(26)12-21(17)30)23-22(24(31)29-25(23)32)18-13-28-20-7-4-3-6-16(18)20/h3-4,6-9,12-14,27-28H,2,5,10-11H2,1H3,(H,29,31,32). The summed E-state index contributed by atoms with van der Waals surface area (Å²) in [5.41, 5.74) is 3.55. The second-order valence-electron chi connectivity index (χ2n) is 7.89. The predicted molar refractivity (Wildman–Crippen MR) is 123 cm³/mol. The van der Waals surface area contributed by atoms with Crippen molar-refractivity contribution in [3.8, 4) is 0 Å². The molecule has 1 aliphatic heterocycles. The zero-order valence-corrected chi connectivity index (χ0v) is 17.7. The molecule has 162 valence electrons. The van der Waals surface area contributed by atoms with Crippen LogP contribution in [0.15, 0.2) is 54.9 Å². The normalized spacial score (nSPS) is 14.2. The number of nitrogens with zero attached hydrogens (tertiary/aromatic N) is 1. The van der Waals surface area contributed by atoms with Crippen LogP contribution in [0.25, 0.3) is 33.0 Å². The Morgan fingerprint density at radius 1 is 1.00 bits per heavy atom. The van der Waals surface area contributed by atoms with Crippen molar-refractivity contribution >= 4 is 44.8 Å². The Morgan fingerprint density at radius 2 is 1.78 bits per heavy atom. The van der Waals surface area contributed by atoms with E-state index in [-0.39, 0.29) is 5.82 Å². The molecule has 0 bridgehead atoms. The first-order valence-electron chi connectivity index (χ1n) is 10.7. The first-order valence-corrected chi connectivity index (χ1v) is 10.7. The number of aromatic amines is 1. The Morgan fingerprint density at radius 3 is 2.59 bits per heavy atom. The van der Waals surface area contributed by atoms with Crippen molar-refractivity contribution < 1.29 is 14.0 Å². The number of carbonyl (C=O) groups is 2. The maximum Gasteiger partial charge on any atom is 0.259 e. The van der Waals surface area contributed by atoms with Gasteiger partial charge in [-0.2, -0.15) is 0 Å². The first kappa shape index (κ1) is 20.2. The van der Waals surface area contributed by atoms with Crippen molar-refractivity contribution in [2.45, 2.75) is 19.9 Å². The minimum Gasteiger partial charge on any atom is -0.361 e. The quantitative estimate of drug-likeness (QED) is 0.308. The van der Waals surface area contributed by atoms with Crippen molar-refractivity contribution in [2.24, 2.45) is 0 Å². The van der Waals surface area contributed by atoms with Crippen LogP contribution in [0.3, 0.4) is 0 Å². The SMILES string of the molecule is CCNCCCn1cc(C2=C(c3c[nH]c4ccccc34)C(=O)NC2=O)c2ccc(F)cc21. The summed E-state index contributed by atoms with van der Waals surface area (Å²) in [5.74, 6) is -1.20. The fourth-order valence-corrected chi connectivity index (χ4v) is 4.45. The highest BCUT2D eigenvalue weighted by Gasteiger charge is 2.35. The van der Waals surface area contributed by atoms with Gasteiger partial charge in [-0.25, -0.2) is 4.39 Å². The van der Waals surface area contributed by atoms with Gasteiger partial charge in [0.1, 0.15) is 5.82 Å². The highest BCUT2D eigenvalue weighted by atomic mass is 19.1. The Hall–Kier alpha value is -3.71. The lowest BCUT2D eigenvalue weighted by atomic mass is 9.95. The molecule has 2 amide bonds. The van der Waals surface area contributed by atoms with Crippen LogP contribution in [0.4, 0.5) is 4.39 Å². The molecular weight excluding hydrogens is 407 g/mol. The van der Waals surface area contributed by atoms with Gasteiger partial charge in [0.2, 0.25) is 0 Å². The Labute approximate surface area is 184 Å². The van der Waals surface area contributed by atoms with Gasteiger partial charge in [-0.05, 0) is 43.8 Å². The molecule has 4 aromatic rings. The molecule has 0 aliphatic carbocycles. The van der Waals surface area contributed by atoms with E-state index in [4.69, 9.17) is 0 Å². The predicted octanol–water partition coefficient (Wildman–Crippen LogP) is 3.83. The topological polar surface area (TPSA) is 78.9 Å². The lowest BCUT2D eigenvalue weighted by Gasteiger charge is -2.05. The number of H-pyrrole nitrogens is 1. The molecule has 3 heterocycles. The molecule has 0 unspecified atom stereocenters. The fraction of sp³-hybridized carbons (Fsp3) is 0.200. The third-order valence-corrected chi connectivity index (χ3v) is 5.91. The number of amides is 2. The molecule has 6 nitrogen and oxygen atoms in total. The molecule has 5 rings (SSSR count). The van der Waals surface area contributed by atoms with Gasteiger partial charge in [-0.1, -0.05) is 25.1 Å². The summed E-state index contributed by atoms with van der Waals surface area (Å²) in [6, 6.07) is 12.2. The van der Waals surface area contributed by atoms with Crippen LogP contribution in [0.2, 0.25) is 0 Å². The van der Waals surface area contributed by atoms with Crippen molar-refractivity contribution in [3.05, 3.63) is 71.8 Å². The zero-order valence-electron chi connectivity index (χ0n) is 17.7. The number of imide groups is 1. The summed E-state index contributed by atoms with van der Waals surface area (Å²) in [7, 11) is 0. The highest BCUT2D eigenvalue weighted by Crippen LogP contribution is 2.38. The van der Waals surface area contributed by atoms with E-state index in [1.165, 1.54) is 12.1 Å². The second kappa shape index (κ2) is 8.09. The first-order chi connectivity index (χ1) is 15.6. The molecule has 0 saturated carbocycles. The van der Waals surface area contributed by atoms with Crippen LogP contribution in [0, 0.1) is 5.82 Å². The minimum atomic E-state index is -0.439. The van der Waals surface area contributed by atoms with Crippen LogP contribution in [-0.2, 0) is 16.1 Å². The molecule has 0 atom stereocenters. The monoisotopic (exact) mass is 430 g/mol. The molecule has 0 spiro atoms. The summed E-state index contributed by atoms with van der Waals surface area (Å²) in [6.07, 6.45) is 4.47. The largest absolute Gasteiger partial charge is 0.361 e. The molecule has 0 fully saturated rings. The summed E-state index contributed by atoms with van der Waals surface area (Å²) < 4.78 is 16.0. The smallest absolute Gasteiger partial charge is 0.259 e. The summed E-state index contributed by atoms with van der Waals surface area (Å²) in [4.78, 5) is 29.0. The van der Waals surface area contributed by atoms with Crippen LogP contribution >= 0.6 is 0 Å². The fourth-order valence-electron chi connectivity index (χ4n) is 4.45. The molecule has 7 heteroatoms. The average Bonchev–Trinajstić information content (AvgIpc) is 3.44. The Bertz CT molecular complexity index is 1400. The molecule has 32 heavy (non-hydrogen) atoms. The number of aromatic nitrogens is 2. The van der Waals surface area contributed by atoms with Crippen LogP contribution in [-0.4, -0.2) is 34.5 Å². The Kier molecular flexibility index (Phi) is 5.11. The summed E-state index contributed by atoms with van der Waals surface area (Å²) >= 11 is 0.